The molecule has 2 atom stereocenters. The molecule has 0 unspecified atom stereocenters. The molecule has 1 aromatic carbocycles. The first-order valence-corrected chi connectivity index (χ1v) is 11.0. The number of methoxy groups -OCH3 is 1. The van der Waals surface area contributed by atoms with E-state index in [0.29, 0.717) is 6.42 Å². The van der Waals surface area contributed by atoms with Crippen molar-refractivity contribution >= 4 is 22.2 Å². The minimum atomic E-state index is -3.91. The molecule has 1 heterocycles. The van der Waals surface area contributed by atoms with Crippen LogP contribution >= 0.6 is 0 Å². The Morgan fingerprint density at radius 2 is 1.77 bits per heavy atom. The number of carbonyl (C=O) groups excluding carboxylic acids is 2. The summed E-state index contributed by atoms with van der Waals surface area (Å²) >= 11 is 0. The lowest BCUT2D eigenvalue weighted by Crippen LogP contribution is -2.48. The van der Waals surface area contributed by atoms with Gasteiger partial charge in [-0.1, -0.05) is 17.7 Å². The molecular formula is C20H29NO8S. The van der Waals surface area contributed by atoms with E-state index >= 15 is 0 Å². The van der Waals surface area contributed by atoms with E-state index in [2.05, 4.69) is 0 Å². The fourth-order valence-electron chi connectivity index (χ4n) is 2.98. The fourth-order valence-corrected chi connectivity index (χ4v) is 3.87. The summed E-state index contributed by atoms with van der Waals surface area (Å²) < 4.78 is 45.2. The third-order valence-electron chi connectivity index (χ3n) is 4.38. The molecule has 0 saturated carbocycles. The fraction of sp³-hybridized carbons (Fsp3) is 0.600. The molecule has 30 heavy (non-hydrogen) atoms. The van der Waals surface area contributed by atoms with Crippen LogP contribution in [0.4, 0.5) is 4.79 Å². The highest BCUT2D eigenvalue weighted by molar-refractivity contribution is 7.86. The summed E-state index contributed by atoms with van der Waals surface area (Å²) in [6.07, 6.45) is -0.915. The monoisotopic (exact) mass is 443 g/mol. The van der Waals surface area contributed by atoms with Crippen LogP contribution in [-0.2, 0) is 33.3 Å². The lowest BCUT2D eigenvalue weighted by atomic mass is 10.1. The zero-order valence-corrected chi connectivity index (χ0v) is 18.7. The van der Waals surface area contributed by atoms with Crippen molar-refractivity contribution in [2.45, 2.75) is 56.8 Å². The van der Waals surface area contributed by atoms with Crippen molar-refractivity contribution in [1.82, 2.24) is 4.90 Å². The maximum absolute atomic E-state index is 12.4. The Hall–Kier alpha value is -2.17. The van der Waals surface area contributed by atoms with Gasteiger partial charge >= 0.3 is 12.1 Å². The Bertz CT molecular complexity index is 845. The first-order chi connectivity index (χ1) is 13.9. The highest BCUT2D eigenvalue weighted by Gasteiger charge is 2.45. The van der Waals surface area contributed by atoms with Crippen molar-refractivity contribution in [1.29, 1.82) is 0 Å². The predicted molar refractivity (Wildman–Crippen MR) is 107 cm³/mol. The molecule has 168 valence electrons. The second kappa shape index (κ2) is 9.76. The van der Waals surface area contributed by atoms with Gasteiger partial charge in [-0.15, -0.1) is 0 Å². The Morgan fingerprint density at radius 1 is 1.13 bits per heavy atom. The van der Waals surface area contributed by atoms with Crippen LogP contribution in [0.15, 0.2) is 29.2 Å². The standard InChI is InChI=1S/C20H29NO8S/c1-14-6-8-15(9-7-14)30(24,25)28-13-12-27-16-10-11-21(17(16)18(22)26-5)19(23)29-20(2,3)4/h6-9,16-17H,10-13H2,1-5H3/t16-,17-/m0/s1. The first kappa shape index (κ1) is 24.1. The van der Waals surface area contributed by atoms with Gasteiger partial charge < -0.3 is 14.2 Å². The van der Waals surface area contributed by atoms with Gasteiger partial charge in [0.15, 0.2) is 6.04 Å². The van der Waals surface area contributed by atoms with E-state index in [1.54, 1.807) is 32.9 Å². The first-order valence-electron chi connectivity index (χ1n) is 9.60. The number of aryl methyl sites for hydroxylation is 1. The predicted octanol–water partition coefficient (Wildman–Crippen LogP) is 2.27. The molecule has 0 radical (unpaired) electrons. The van der Waals surface area contributed by atoms with Gasteiger partial charge in [0.2, 0.25) is 0 Å². The van der Waals surface area contributed by atoms with E-state index in [0.717, 1.165) is 5.56 Å². The van der Waals surface area contributed by atoms with E-state index in [9.17, 15) is 18.0 Å². The number of nitrogens with zero attached hydrogens (tertiary/aromatic N) is 1. The summed E-state index contributed by atoms with van der Waals surface area (Å²) in [5.41, 5.74) is 0.219. The molecule has 1 saturated heterocycles. The van der Waals surface area contributed by atoms with Gasteiger partial charge in [0, 0.05) is 6.54 Å². The van der Waals surface area contributed by atoms with Crippen molar-refractivity contribution in [3.63, 3.8) is 0 Å². The van der Waals surface area contributed by atoms with Crippen molar-refractivity contribution in [2.24, 2.45) is 0 Å². The van der Waals surface area contributed by atoms with Gasteiger partial charge in [0.25, 0.3) is 10.1 Å². The third-order valence-corrected chi connectivity index (χ3v) is 5.70. The van der Waals surface area contributed by atoms with Crippen molar-refractivity contribution < 1.29 is 36.4 Å². The van der Waals surface area contributed by atoms with Crippen LogP contribution in [0.3, 0.4) is 0 Å². The number of rotatable bonds is 7. The Labute approximate surface area is 177 Å². The quantitative estimate of drug-likeness (QED) is 0.359. The average Bonchev–Trinajstić information content (AvgIpc) is 3.07. The van der Waals surface area contributed by atoms with Gasteiger partial charge in [0.1, 0.15) is 5.60 Å². The normalized spacial score (nSPS) is 19.6. The van der Waals surface area contributed by atoms with Crippen LogP contribution in [0.2, 0.25) is 0 Å². The SMILES string of the molecule is COC(=O)[C@@H]1[C@@H](OCCOS(=O)(=O)c2ccc(C)cc2)CCN1C(=O)OC(C)(C)C. The summed E-state index contributed by atoms with van der Waals surface area (Å²) in [4.78, 5) is 26.0. The molecular weight excluding hydrogens is 414 g/mol. The molecule has 1 fully saturated rings. The summed E-state index contributed by atoms with van der Waals surface area (Å²) in [6, 6.07) is 5.32. The number of benzene rings is 1. The van der Waals surface area contributed by atoms with Crippen LogP contribution < -0.4 is 0 Å². The lowest BCUT2D eigenvalue weighted by molar-refractivity contribution is -0.150. The highest BCUT2D eigenvalue weighted by atomic mass is 32.2. The molecule has 1 aliphatic rings. The lowest BCUT2D eigenvalue weighted by Gasteiger charge is -2.28. The molecule has 1 amide bonds. The van der Waals surface area contributed by atoms with E-state index in [1.807, 2.05) is 6.92 Å². The van der Waals surface area contributed by atoms with Crippen LogP contribution in [0.25, 0.3) is 0 Å². The number of carbonyl (C=O) groups is 2. The molecule has 10 heteroatoms. The van der Waals surface area contributed by atoms with Crippen molar-refractivity contribution in [3.8, 4) is 0 Å². The Morgan fingerprint density at radius 3 is 2.33 bits per heavy atom. The zero-order valence-electron chi connectivity index (χ0n) is 17.9. The average molecular weight is 444 g/mol. The number of hydrogen-bond acceptors (Lipinski definition) is 8. The van der Waals surface area contributed by atoms with E-state index in [1.165, 1.54) is 24.1 Å². The largest absolute Gasteiger partial charge is 0.467 e. The van der Waals surface area contributed by atoms with E-state index < -0.39 is 39.9 Å². The Balaban J connectivity index is 1.94. The van der Waals surface area contributed by atoms with Crippen molar-refractivity contribution in [2.75, 3.05) is 26.9 Å². The molecule has 1 aliphatic heterocycles. The molecule has 9 nitrogen and oxygen atoms in total. The van der Waals surface area contributed by atoms with E-state index in [4.69, 9.17) is 18.4 Å². The van der Waals surface area contributed by atoms with Crippen LogP contribution in [0.1, 0.15) is 32.8 Å². The number of ether oxygens (including phenoxy) is 3. The third kappa shape index (κ3) is 6.41. The minimum Gasteiger partial charge on any atom is -0.467 e. The van der Waals surface area contributed by atoms with Crippen LogP contribution in [-0.4, -0.2) is 70.0 Å². The summed E-state index contributed by atoms with van der Waals surface area (Å²) in [6.45, 7) is 6.99. The Kier molecular flexibility index (Phi) is 7.84. The second-order valence-electron chi connectivity index (χ2n) is 7.93. The zero-order chi connectivity index (χ0) is 22.5. The minimum absolute atomic E-state index is 0.0532. The summed E-state index contributed by atoms with van der Waals surface area (Å²) in [5.74, 6) is -0.628. The molecule has 0 aliphatic carbocycles. The number of amides is 1. The maximum atomic E-state index is 12.4. The van der Waals surface area contributed by atoms with Gasteiger partial charge in [-0.2, -0.15) is 8.42 Å². The van der Waals surface area contributed by atoms with Gasteiger partial charge in [-0.05, 0) is 46.2 Å². The second-order valence-corrected chi connectivity index (χ2v) is 9.54. The molecule has 0 N–H and O–H groups in total. The topological polar surface area (TPSA) is 108 Å². The summed E-state index contributed by atoms with van der Waals surface area (Å²) in [7, 11) is -2.68. The molecule has 0 bridgehead atoms. The van der Waals surface area contributed by atoms with Crippen LogP contribution in [0, 0.1) is 6.92 Å². The van der Waals surface area contributed by atoms with Crippen molar-refractivity contribution in [3.05, 3.63) is 29.8 Å². The van der Waals surface area contributed by atoms with Gasteiger partial charge in [-0.25, -0.2) is 9.59 Å². The smallest absolute Gasteiger partial charge is 0.411 e. The summed E-state index contributed by atoms with van der Waals surface area (Å²) in [5, 5.41) is 0. The maximum Gasteiger partial charge on any atom is 0.411 e. The van der Waals surface area contributed by atoms with Gasteiger partial charge in [-0.3, -0.25) is 9.08 Å². The molecule has 0 aromatic heterocycles. The number of hydrogen-bond donors (Lipinski definition) is 0. The van der Waals surface area contributed by atoms with E-state index in [-0.39, 0.29) is 24.7 Å². The van der Waals surface area contributed by atoms with Gasteiger partial charge in [0.05, 0.1) is 31.3 Å². The molecule has 1 aromatic rings. The number of esters is 1. The number of likely N-dealkylation sites (tertiary alicyclic amines) is 1. The molecule has 2 rings (SSSR count). The highest BCUT2D eigenvalue weighted by Crippen LogP contribution is 2.25. The molecule has 0 spiro atoms. The van der Waals surface area contributed by atoms with Crippen LogP contribution in [0.5, 0.6) is 0 Å².